The summed E-state index contributed by atoms with van der Waals surface area (Å²) in [6.07, 6.45) is 4.10. The molecule has 8 nitrogen and oxygen atoms in total. The van der Waals surface area contributed by atoms with E-state index in [0.29, 0.717) is 40.8 Å². The fourth-order valence-corrected chi connectivity index (χ4v) is 4.54. The molecule has 0 saturated carbocycles. The summed E-state index contributed by atoms with van der Waals surface area (Å²) in [5, 5.41) is 5.41. The summed E-state index contributed by atoms with van der Waals surface area (Å²) in [5.41, 5.74) is 3.01. The van der Waals surface area contributed by atoms with Gasteiger partial charge in [0, 0.05) is 10.9 Å². The Morgan fingerprint density at radius 2 is 1.92 bits per heavy atom. The largest absolute Gasteiger partial charge is 0.467 e. The second-order valence-electron chi connectivity index (χ2n) is 8.52. The highest BCUT2D eigenvalue weighted by Crippen LogP contribution is 2.38. The van der Waals surface area contributed by atoms with Crippen LogP contribution in [0.15, 0.2) is 65.3 Å². The van der Waals surface area contributed by atoms with Gasteiger partial charge in [0.25, 0.3) is 5.91 Å². The smallest absolute Gasteiger partial charge is 0.339 e. The third kappa shape index (κ3) is 5.28. The third-order valence-electron chi connectivity index (χ3n) is 6.05. The van der Waals surface area contributed by atoms with E-state index in [2.05, 4.69) is 10.6 Å². The lowest BCUT2D eigenvalue weighted by molar-refractivity contribution is -0.123. The van der Waals surface area contributed by atoms with Crippen LogP contribution >= 0.6 is 11.6 Å². The molecule has 2 N–H and O–H groups in total. The zero-order valence-electron chi connectivity index (χ0n) is 19.9. The number of esters is 1. The van der Waals surface area contributed by atoms with E-state index in [1.54, 1.807) is 48.5 Å². The number of nitrogens with zero attached hydrogens (tertiary/aromatic N) is 1. The normalized spacial score (nSPS) is 13.4. The van der Waals surface area contributed by atoms with Crippen LogP contribution in [0.4, 0.5) is 9.18 Å². The summed E-state index contributed by atoms with van der Waals surface area (Å²) >= 11 is 6.21. The van der Waals surface area contributed by atoms with Gasteiger partial charge in [-0.15, -0.1) is 0 Å². The molecule has 0 bridgehead atoms. The van der Waals surface area contributed by atoms with Gasteiger partial charge in [0.2, 0.25) is 0 Å². The van der Waals surface area contributed by atoms with Gasteiger partial charge in [-0.25, -0.2) is 19.0 Å². The summed E-state index contributed by atoms with van der Waals surface area (Å²) in [6, 6.07) is 14.1. The molecule has 4 aromatic rings. The van der Waals surface area contributed by atoms with Crippen molar-refractivity contribution in [1.82, 2.24) is 15.6 Å². The predicted octanol–water partition coefficient (Wildman–Crippen LogP) is 5.29. The number of rotatable bonds is 6. The van der Waals surface area contributed by atoms with Crippen molar-refractivity contribution in [3.8, 4) is 0 Å². The molecule has 0 saturated heterocycles. The van der Waals surface area contributed by atoms with Gasteiger partial charge in [0.05, 0.1) is 34.6 Å². The number of ether oxygens (including phenoxy) is 1. The van der Waals surface area contributed by atoms with Crippen LogP contribution in [0.2, 0.25) is 5.02 Å². The molecule has 2 aromatic carbocycles. The summed E-state index contributed by atoms with van der Waals surface area (Å²) in [7, 11) is 0. The second-order valence-corrected chi connectivity index (χ2v) is 8.93. The molecule has 1 aliphatic carbocycles. The van der Waals surface area contributed by atoms with Gasteiger partial charge in [-0.3, -0.25) is 10.1 Å². The first-order valence-electron chi connectivity index (χ1n) is 11.7. The lowest BCUT2D eigenvalue weighted by Gasteiger charge is -2.12. The fraction of sp³-hybridized carbons (Fsp3) is 0.143. The molecule has 0 spiro atoms. The number of urea groups is 1. The van der Waals surface area contributed by atoms with Crippen LogP contribution in [0.1, 0.15) is 39.4 Å². The van der Waals surface area contributed by atoms with Crippen molar-refractivity contribution < 1.29 is 27.9 Å². The molecule has 0 fully saturated rings. The van der Waals surface area contributed by atoms with Gasteiger partial charge in [0.15, 0.2) is 6.61 Å². The van der Waals surface area contributed by atoms with E-state index in [1.807, 2.05) is 0 Å². The van der Waals surface area contributed by atoms with E-state index < -0.39 is 30.3 Å². The monoisotopic (exact) mass is 533 g/mol. The zero-order valence-corrected chi connectivity index (χ0v) is 20.7. The topological polar surface area (TPSA) is 111 Å². The summed E-state index contributed by atoms with van der Waals surface area (Å²) in [6.45, 7) is -0.569. The second kappa shape index (κ2) is 10.9. The number of carbonyl (C=O) groups is 3. The Morgan fingerprint density at radius 1 is 1.08 bits per heavy atom. The van der Waals surface area contributed by atoms with E-state index in [9.17, 15) is 18.8 Å². The first kappa shape index (κ1) is 25.2. The van der Waals surface area contributed by atoms with Crippen LogP contribution in [-0.2, 0) is 22.5 Å². The highest BCUT2D eigenvalue weighted by Gasteiger charge is 2.28. The lowest BCUT2D eigenvalue weighted by Crippen LogP contribution is -2.41. The van der Waals surface area contributed by atoms with Crippen molar-refractivity contribution in [3.05, 3.63) is 99.8 Å². The molecule has 2 aromatic heterocycles. The number of allylic oxidation sites excluding steroid dienone is 1. The number of hydrogen-bond acceptors (Lipinski definition) is 6. The van der Waals surface area contributed by atoms with Crippen LogP contribution in [-0.4, -0.2) is 29.5 Å². The van der Waals surface area contributed by atoms with Crippen LogP contribution in [0.5, 0.6) is 0 Å². The Hall–Kier alpha value is -4.50. The van der Waals surface area contributed by atoms with Gasteiger partial charge >= 0.3 is 12.0 Å². The van der Waals surface area contributed by atoms with Crippen molar-refractivity contribution in [2.45, 2.75) is 19.4 Å². The molecule has 1 aliphatic rings. The molecular weight excluding hydrogens is 513 g/mol. The summed E-state index contributed by atoms with van der Waals surface area (Å²) < 4.78 is 24.8. The Labute approximate surface area is 221 Å². The maximum Gasteiger partial charge on any atom is 0.339 e. The maximum atomic E-state index is 14.4. The Morgan fingerprint density at radius 3 is 2.71 bits per heavy atom. The van der Waals surface area contributed by atoms with E-state index >= 15 is 0 Å². The molecule has 2 heterocycles. The molecule has 0 unspecified atom stereocenters. The Bertz CT molecular complexity index is 1560. The third-order valence-corrected chi connectivity index (χ3v) is 6.38. The number of halogens is 2. The Kier molecular flexibility index (Phi) is 7.19. The maximum absolute atomic E-state index is 14.4. The van der Waals surface area contributed by atoms with Gasteiger partial charge in [0.1, 0.15) is 11.6 Å². The SMILES string of the molecule is O=C(COC(=O)c1c2c(nc3ccccc13)/C(=C\c1c(F)cccc1Cl)CC2)NC(=O)NCc1ccco1. The molecule has 0 aliphatic heterocycles. The van der Waals surface area contributed by atoms with Gasteiger partial charge in [-0.2, -0.15) is 0 Å². The van der Waals surface area contributed by atoms with Gasteiger partial charge < -0.3 is 14.5 Å². The number of para-hydroxylation sites is 1. The average molecular weight is 534 g/mol. The minimum absolute atomic E-state index is 0.0922. The number of nitrogens with one attached hydrogen (secondary N) is 2. The highest BCUT2D eigenvalue weighted by atomic mass is 35.5. The van der Waals surface area contributed by atoms with Crippen molar-refractivity contribution in [1.29, 1.82) is 0 Å². The van der Waals surface area contributed by atoms with Crippen molar-refractivity contribution in [2.24, 2.45) is 0 Å². The number of furan rings is 1. The van der Waals surface area contributed by atoms with E-state index in [0.717, 1.165) is 5.57 Å². The average Bonchev–Trinajstić information content (AvgIpc) is 3.57. The van der Waals surface area contributed by atoms with Gasteiger partial charge in [-0.1, -0.05) is 35.9 Å². The minimum Gasteiger partial charge on any atom is -0.467 e. The molecule has 3 amide bonds. The molecule has 10 heteroatoms. The molecule has 5 rings (SSSR count). The van der Waals surface area contributed by atoms with Crippen molar-refractivity contribution in [2.75, 3.05) is 6.61 Å². The first-order chi connectivity index (χ1) is 18.4. The molecule has 38 heavy (non-hydrogen) atoms. The fourth-order valence-electron chi connectivity index (χ4n) is 4.33. The van der Waals surface area contributed by atoms with Crippen LogP contribution < -0.4 is 10.6 Å². The van der Waals surface area contributed by atoms with E-state index in [-0.39, 0.29) is 22.7 Å². The number of carbonyl (C=O) groups excluding carboxylic acids is 3. The number of imide groups is 1. The van der Waals surface area contributed by atoms with Crippen molar-refractivity contribution >= 4 is 52.1 Å². The lowest BCUT2D eigenvalue weighted by atomic mass is 10.0. The number of benzene rings is 2. The molecular formula is C28H21ClFN3O5. The van der Waals surface area contributed by atoms with Crippen LogP contribution in [0.3, 0.4) is 0 Å². The number of hydrogen-bond donors (Lipinski definition) is 2. The van der Waals surface area contributed by atoms with Crippen molar-refractivity contribution in [3.63, 3.8) is 0 Å². The van der Waals surface area contributed by atoms with E-state index in [4.69, 9.17) is 25.7 Å². The quantitative estimate of drug-likeness (QED) is 0.326. The van der Waals surface area contributed by atoms with Crippen LogP contribution in [0.25, 0.3) is 22.6 Å². The number of pyridine rings is 1. The highest BCUT2D eigenvalue weighted by molar-refractivity contribution is 6.32. The first-order valence-corrected chi connectivity index (χ1v) is 12.1. The molecule has 192 valence electrons. The standard InChI is InChI=1S/C28H21ClFN3O5/c29-21-7-3-8-22(30)20(21)13-16-10-11-19-25(18-6-1-2-9-23(18)32-26(16)19)27(35)38-15-24(34)33-28(36)31-14-17-5-4-12-37-17/h1-9,12-13H,10-11,14-15H2,(H2,31,33,34,36)/b16-13-. The Balaban J connectivity index is 1.36. The zero-order chi connectivity index (χ0) is 26.6. The number of amides is 3. The predicted molar refractivity (Wildman–Crippen MR) is 139 cm³/mol. The van der Waals surface area contributed by atoms with Crippen LogP contribution in [0, 0.1) is 5.82 Å². The minimum atomic E-state index is -0.792. The summed E-state index contributed by atoms with van der Waals surface area (Å²) in [5.74, 6) is -1.46. The van der Waals surface area contributed by atoms with E-state index in [1.165, 1.54) is 18.4 Å². The molecule has 0 atom stereocenters. The van der Waals surface area contributed by atoms with Gasteiger partial charge in [-0.05, 0) is 60.4 Å². The number of aromatic nitrogens is 1. The summed E-state index contributed by atoms with van der Waals surface area (Å²) in [4.78, 5) is 42.1. The molecule has 0 radical (unpaired) electrons. The number of fused-ring (bicyclic) bond motifs is 2.